The highest BCUT2D eigenvalue weighted by Gasteiger charge is 2.59. The second kappa shape index (κ2) is 7.39. The molecule has 3 amide bonds. The molecule has 2 aliphatic heterocycles. The molecule has 0 bridgehead atoms. The largest absolute Gasteiger partial charge is 0.477 e. The zero-order chi connectivity index (χ0) is 20.9. The second-order valence-corrected chi connectivity index (χ2v) is 8.90. The van der Waals surface area contributed by atoms with E-state index in [0.717, 1.165) is 24.2 Å². The Balaban J connectivity index is 1.65. The summed E-state index contributed by atoms with van der Waals surface area (Å²) in [5, 5.41) is 20.2. The maximum Gasteiger partial charge on any atom is 0.353 e. The number of rotatable bonds is 6. The van der Waals surface area contributed by atoms with E-state index in [4.69, 9.17) is 5.73 Å². The van der Waals surface area contributed by atoms with Gasteiger partial charge >= 0.3 is 5.97 Å². The molecule has 29 heavy (non-hydrogen) atoms. The standard InChI is InChI=1S/C16H18N6O5S2/c1-6(23)18-16-20-19-12(29-16)8-5-28-14-11(13(25)22(14)10(8)15(26)27)21(7-2-3-7)9(24)4-17/h7,11,14H,2-5,17H2,1H3,(H,26,27)(H,18,20,23)/t11?,14-/m0/s1. The monoisotopic (exact) mass is 438 g/mol. The molecule has 0 radical (unpaired) electrons. The van der Waals surface area contributed by atoms with Crippen LogP contribution in [0.4, 0.5) is 5.13 Å². The highest BCUT2D eigenvalue weighted by Crippen LogP contribution is 2.47. The molecule has 2 atom stereocenters. The third-order valence-corrected chi connectivity index (χ3v) is 6.98. The molecule has 0 aromatic carbocycles. The first-order valence-corrected chi connectivity index (χ1v) is 10.7. The lowest BCUT2D eigenvalue weighted by Crippen LogP contribution is -2.72. The number of hydrogen-bond acceptors (Lipinski definition) is 9. The van der Waals surface area contributed by atoms with Gasteiger partial charge in [0.1, 0.15) is 22.1 Å². The van der Waals surface area contributed by atoms with Crippen molar-refractivity contribution in [2.45, 2.75) is 37.2 Å². The number of hydrogen-bond donors (Lipinski definition) is 3. The lowest BCUT2D eigenvalue weighted by atomic mass is 10.0. The number of nitrogens with one attached hydrogen (secondary N) is 1. The van der Waals surface area contributed by atoms with Crippen molar-refractivity contribution < 1.29 is 24.3 Å². The number of carbonyl (C=O) groups excluding carboxylic acids is 3. The topological polar surface area (TPSA) is 159 Å². The predicted octanol–water partition coefficient (Wildman–Crippen LogP) is -0.474. The Morgan fingerprint density at radius 3 is 2.66 bits per heavy atom. The molecule has 1 saturated heterocycles. The van der Waals surface area contributed by atoms with Gasteiger partial charge in [0.15, 0.2) is 0 Å². The number of nitrogens with two attached hydrogens (primary N) is 1. The van der Waals surface area contributed by atoms with Gasteiger partial charge in [0.25, 0.3) is 5.91 Å². The van der Waals surface area contributed by atoms with Gasteiger partial charge in [0.2, 0.25) is 16.9 Å². The third-order valence-electron chi connectivity index (χ3n) is 4.81. The molecule has 11 nitrogen and oxygen atoms in total. The minimum atomic E-state index is -1.25. The van der Waals surface area contributed by atoms with Crippen LogP contribution in [0.2, 0.25) is 0 Å². The van der Waals surface area contributed by atoms with Gasteiger partial charge in [0, 0.05) is 24.3 Å². The molecule has 154 valence electrons. The highest BCUT2D eigenvalue weighted by molar-refractivity contribution is 8.00. The van der Waals surface area contributed by atoms with Gasteiger partial charge in [-0.1, -0.05) is 11.3 Å². The van der Waals surface area contributed by atoms with E-state index in [1.54, 1.807) is 0 Å². The van der Waals surface area contributed by atoms with Crippen molar-refractivity contribution in [3.63, 3.8) is 0 Å². The molecule has 3 aliphatic rings. The smallest absolute Gasteiger partial charge is 0.353 e. The van der Waals surface area contributed by atoms with E-state index in [0.29, 0.717) is 10.6 Å². The fourth-order valence-electron chi connectivity index (χ4n) is 3.48. The molecular formula is C16H18N6O5S2. The average Bonchev–Trinajstić information content (AvgIpc) is 3.42. The molecule has 2 fully saturated rings. The maximum atomic E-state index is 12.9. The van der Waals surface area contributed by atoms with E-state index in [2.05, 4.69) is 15.5 Å². The summed E-state index contributed by atoms with van der Waals surface area (Å²) in [7, 11) is 0. The molecule has 13 heteroatoms. The lowest BCUT2D eigenvalue weighted by molar-refractivity contribution is -0.159. The lowest BCUT2D eigenvalue weighted by Gasteiger charge is -2.52. The van der Waals surface area contributed by atoms with Crippen LogP contribution in [0.15, 0.2) is 5.70 Å². The molecule has 1 aliphatic carbocycles. The van der Waals surface area contributed by atoms with Crippen LogP contribution in [-0.2, 0) is 19.2 Å². The van der Waals surface area contributed by atoms with Crippen LogP contribution < -0.4 is 11.1 Å². The van der Waals surface area contributed by atoms with Crippen LogP contribution in [0.1, 0.15) is 24.8 Å². The van der Waals surface area contributed by atoms with E-state index in [-0.39, 0.29) is 41.0 Å². The molecule has 1 aromatic heterocycles. The highest BCUT2D eigenvalue weighted by atomic mass is 32.2. The summed E-state index contributed by atoms with van der Waals surface area (Å²) in [6, 6.07) is -0.714. The molecule has 3 heterocycles. The minimum absolute atomic E-state index is 0.00946. The first kappa shape index (κ1) is 19.8. The number of aromatic nitrogens is 2. The summed E-state index contributed by atoms with van der Waals surface area (Å²) in [6.45, 7) is 1.14. The van der Waals surface area contributed by atoms with E-state index in [9.17, 15) is 24.3 Å². The fourth-order valence-corrected chi connectivity index (χ4v) is 5.80. The number of aliphatic carboxylic acids is 1. The molecule has 1 aromatic rings. The Morgan fingerprint density at radius 2 is 2.07 bits per heavy atom. The number of nitrogens with zero attached hydrogens (tertiary/aromatic N) is 4. The van der Waals surface area contributed by atoms with Gasteiger partial charge in [-0.25, -0.2) is 4.79 Å². The number of carboxylic acids is 1. The quantitative estimate of drug-likeness (QED) is 0.499. The van der Waals surface area contributed by atoms with Crippen molar-refractivity contribution in [2.75, 3.05) is 17.6 Å². The summed E-state index contributed by atoms with van der Waals surface area (Å²) in [6.07, 6.45) is 1.63. The van der Waals surface area contributed by atoms with Gasteiger partial charge in [-0.3, -0.25) is 19.3 Å². The summed E-state index contributed by atoms with van der Waals surface area (Å²) < 4.78 is 0. The van der Waals surface area contributed by atoms with Crippen LogP contribution in [0, 0.1) is 0 Å². The zero-order valence-corrected chi connectivity index (χ0v) is 17.0. The summed E-state index contributed by atoms with van der Waals surface area (Å²) in [5.41, 5.74) is 5.72. The summed E-state index contributed by atoms with van der Waals surface area (Å²) in [4.78, 5) is 51.1. The average molecular weight is 438 g/mol. The Morgan fingerprint density at radius 1 is 1.34 bits per heavy atom. The van der Waals surface area contributed by atoms with Crippen molar-refractivity contribution in [3.05, 3.63) is 10.7 Å². The molecule has 1 unspecified atom stereocenters. The van der Waals surface area contributed by atoms with Gasteiger partial charge in [-0.2, -0.15) is 0 Å². The summed E-state index contributed by atoms with van der Waals surface area (Å²) >= 11 is 2.41. The Bertz CT molecular complexity index is 942. The van der Waals surface area contributed by atoms with Gasteiger partial charge < -0.3 is 21.1 Å². The van der Waals surface area contributed by atoms with Crippen LogP contribution in [0.5, 0.6) is 0 Å². The van der Waals surface area contributed by atoms with Gasteiger partial charge in [-0.05, 0) is 12.8 Å². The van der Waals surface area contributed by atoms with Crippen molar-refractivity contribution in [3.8, 4) is 0 Å². The first-order valence-electron chi connectivity index (χ1n) is 8.87. The van der Waals surface area contributed by atoms with Crippen molar-refractivity contribution in [1.82, 2.24) is 20.0 Å². The van der Waals surface area contributed by atoms with Crippen LogP contribution in [0.25, 0.3) is 5.57 Å². The van der Waals surface area contributed by atoms with E-state index in [1.807, 2.05) is 0 Å². The van der Waals surface area contributed by atoms with Crippen LogP contribution >= 0.6 is 23.1 Å². The van der Waals surface area contributed by atoms with Crippen LogP contribution in [-0.4, -0.2) is 78.5 Å². The molecule has 0 spiro atoms. The van der Waals surface area contributed by atoms with E-state index >= 15 is 0 Å². The van der Waals surface area contributed by atoms with Gasteiger partial charge in [-0.15, -0.1) is 22.0 Å². The SMILES string of the molecule is CC(=O)Nc1nnc(C2=C(C(=O)O)N3C(=O)C(N(C(=O)CN)C4CC4)[C@@H]3SC2)s1. The molecular weight excluding hydrogens is 420 g/mol. The number of amides is 3. The second-order valence-electron chi connectivity index (χ2n) is 6.82. The van der Waals surface area contributed by atoms with E-state index < -0.39 is 23.3 Å². The number of thioether (sulfide) groups is 1. The van der Waals surface area contributed by atoms with Crippen molar-refractivity contribution in [2.24, 2.45) is 5.73 Å². The Labute approximate surface area is 173 Å². The number of carbonyl (C=O) groups is 4. The third kappa shape index (κ3) is 3.38. The first-order chi connectivity index (χ1) is 13.8. The Hall–Kier alpha value is -2.51. The molecule has 4 rings (SSSR count). The number of fused-ring (bicyclic) bond motifs is 1. The fraction of sp³-hybridized carbons (Fsp3) is 0.500. The maximum absolute atomic E-state index is 12.9. The molecule has 4 N–H and O–H groups in total. The molecule has 1 saturated carbocycles. The number of β-lactam (4-membered cyclic amide) rings is 1. The zero-order valence-electron chi connectivity index (χ0n) is 15.3. The minimum Gasteiger partial charge on any atom is -0.477 e. The Kier molecular flexibility index (Phi) is 5.04. The van der Waals surface area contributed by atoms with Crippen LogP contribution in [0.3, 0.4) is 0 Å². The van der Waals surface area contributed by atoms with Gasteiger partial charge in [0.05, 0.1) is 6.54 Å². The predicted molar refractivity (Wildman–Crippen MR) is 105 cm³/mol. The number of anilines is 1. The van der Waals surface area contributed by atoms with Crippen molar-refractivity contribution >= 4 is 57.5 Å². The van der Waals surface area contributed by atoms with E-state index in [1.165, 1.54) is 28.5 Å². The number of carboxylic acid groups (broad SMARTS) is 1. The normalized spacial score (nSPS) is 23.4. The summed E-state index contributed by atoms with van der Waals surface area (Å²) in [5.74, 6) is -2.02. The van der Waals surface area contributed by atoms with Crippen molar-refractivity contribution in [1.29, 1.82) is 0 Å².